The first-order chi connectivity index (χ1) is 11.3. The summed E-state index contributed by atoms with van der Waals surface area (Å²) in [7, 11) is 0. The predicted octanol–water partition coefficient (Wildman–Crippen LogP) is 4.52. The van der Waals surface area contributed by atoms with Gasteiger partial charge in [0.05, 0.1) is 17.6 Å². The van der Waals surface area contributed by atoms with Crippen molar-refractivity contribution in [2.75, 3.05) is 0 Å². The van der Waals surface area contributed by atoms with E-state index in [1.165, 1.54) is 34.9 Å². The van der Waals surface area contributed by atoms with Gasteiger partial charge in [0.2, 0.25) is 0 Å². The first-order valence-electron chi connectivity index (χ1n) is 7.21. The summed E-state index contributed by atoms with van der Waals surface area (Å²) in [5.41, 5.74) is 0.0227. The number of benzene rings is 2. The third-order valence-corrected chi connectivity index (χ3v) is 3.88. The minimum atomic E-state index is -4.50. The van der Waals surface area contributed by atoms with Crippen LogP contribution in [0.25, 0.3) is 10.9 Å². The lowest BCUT2D eigenvalue weighted by molar-refractivity contribution is -0.137. The Morgan fingerprint density at radius 1 is 1.04 bits per heavy atom. The fourth-order valence-corrected chi connectivity index (χ4v) is 2.71. The summed E-state index contributed by atoms with van der Waals surface area (Å²) >= 11 is 0. The fraction of sp³-hybridized carbons (Fsp3) is 0.167. The van der Waals surface area contributed by atoms with Gasteiger partial charge in [-0.3, -0.25) is 4.79 Å². The van der Waals surface area contributed by atoms with E-state index in [0.29, 0.717) is 16.5 Å². The minimum Gasteiger partial charge on any atom is -0.304 e. The molecule has 0 radical (unpaired) electrons. The van der Waals surface area contributed by atoms with Crippen LogP contribution < -0.4 is 5.56 Å². The van der Waals surface area contributed by atoms with Crippen LogP contribution in [0.15, 0.2) is 53.3 Å². The maximum atomic E-state index is 13.3. The van der Waals surface area contributed by atoms with E-state index in [-0.39, 0.29) is 12.1 Å². The van der Waals surface area contributed by atoms with Gasteiger partial charge in [-0.25, -0.2) is 4.39 Å². The van der Waals surface area contributed by atoms with Gasteiger partial charge in [-0.1, -0.05) is 18.2 Å². The van der Waals surface area contributed by atoms with Crippen LogP contribution >= 0.6 is 0 Å². The molecule has 0 aliphatic heterocycles. The second-order valence-corrected chi connectivity index (χ2v) is 5.61. The summed E-state index contributed by atoms with van der Waals surface area (Å²) in [6, 6.07) is 10.3. The summed E-state index contributed by atoms with van der Waals surface area (Å²) < 4.78 is 53.5. The van der Waals surface area contributed by atoms with Crippen LogP contribution in [-0.2, 0) is 12.7 Å². The zero-order chi connectivity index (χ0) is 17.5. The molecule has 0 N–H and O–H groups in total. The van der Waals surface area contributed by atoms with Gasteiger partial charge in [0, 0.05) is 11.5 Å². The average molecular weight is 335 g/mol. The van der Waals surface area contributed by atoms with Gasteiger partial charge >= 0.3 is 6.18 Å². The van der Waals surface area contributed by atoms with Crippen LogP contribution in [0.5, 0.6) is 0 Å². The van der Waals surface area contributed by atoms with Crippen molar-refractivity contribution in [3.63, 3.8) is 0 Å². The molecule has 1 heterocycles. The Morgan fingerprint density at radius 2 is 1.79 bits per heavy atom. The van der Waals surface area contributed by atoms with E-state index in [0.717, 1.165) is 12.1 Å². The lowest BCUT2D eigenvalue weighted by atomic mass is 10.1. The Bertz CT molecular complexity index is 973. The lowest BCUT2D eigenvalue weighted by Crippen LogP contribution is -2.21. The molecule has 0 aliphatic rings. The number of rotatable bonds is 2. The number of hydrogen-bond donors (Lipinski definition) is 0. The summed E-state index contributed by atoms with van der Waals surface area (Å²) in [6.07, 6.45) is -4.50. The molecule has 0 atom stereocenters. The van der Waals surface area contributed by atoms with E-state index < -0.39 is 23.1 Å². The Hall–Kier alpha value is -2.63. The molecule has 0 amide bonds. The SMILES string of the molecule is Cc1cc(=O)n(Cc2cccc(F)c2)c2cc(C(F)(F)F)ccc12. The van der Waals surface area contributed by atoms with E-state index in [2.05, 4.69) is 0 Å². The molecule has 0 saturated heterocycles. The van der Waals surface area contributed by atoms with Crippen molar-refractivity contribution in [3.8, 4) is 0 Å². The predicted molar refractivity (Wildman–Crippen MR) is 83.4 cm³/mol. The van der Waals surface area contributed by atoms with Crippen molar-refractivity contribution in [1.82, 2.24) is 4.57 Å². The molecule has 0 unspecified atom stereocenters. The molecule has 1 aromatic heterocycles. The van der Waals surface area contributed by atoms with Crippen molar-refractivity contribution in [3.05, 3.63) is 81.4 Å². The molecule has 124 valence electrons. The van der Waals surface area contributed by atoms with Crippen LogP contribution in [0, 0.1) is 12.7 Å². The number of alkyl halides is 3. The van der Waals surface area contributed by atoms with Crippen LogP contribution in [0.1, 0.15) is 16.7 Å². The number of nitrogens with zero attached hydrogens (tertiary/aromatic N) is 1. The first-order valence-corrected chi connectivity index (χ1v) is 7.21. The van der Waals surface area contributed by atoms with Gasteiger partial charge in [0.25, 0.3) is 5.56 Å². The molecular weight excluding hydrogens is 322 g/mol. The van der Waals surface area contributed by atoms with Gasteiger partial charge in [-0.15, -0.1) is 0 Å². The first kappa shape index (κ1) is 16.2. The van der Waals surface area contributed by atoms with Crippen molar-refractivity contribution in [2.45, 2.75) is 19.6 Å². The summed E-state index contributed by atoms with van der Waals surface area (Å²) in [6.45, 7) is 1.66. The number of aromatic nitrogens is 1. The molecule has 0 bridgehead atoms. The Labute approximate surface area is 135 Å². The Morgan fingerprint density at radius 3 is 2.46 bits per heavy atom. The molecular formula is C18H13F4NO. The maximum Gasteiger partial charge on any atom is 0.416 e. The highest BCUT2D eigenvalue weighted by Gasteiger charge is 2.30. The van der Waals surface area contributed by atoms with E-state index in [4.69, 9.17) is 0 Å². The molecule has 6 heteroatoms. The van der Waals surface area contributed by atoms with Crippen molar-refractivity contribution in [1.29, 1.82) is 0 Å². The van der Waals surface area contributed by atoms with Crippen LogP contribution in [0.4, 0.5) is 17.6 Å². The monoisotopic (exact) mass is 335 g/mol. The van der Waals surface area contributed by atoms with E-state index in [9.17, 15) is 22.4 Å². The fourth-order valence-electron chi connectivity index (χ4n) is 2.71. The number of halogens is 4. The number of aryl methyl sites for hydroxylation is 1. The smallest absolute Gasteiger partial charge is 0.304 e. The average Bonchev–Trinajstić information content (AvgIpc) is 2.50. The highest BCUT2D eigenvalue weighted by atomic mass is 19.4. The van der Waals surface area contributed by atoms with Gasteiger partial charge in [-0.05, 0) is 42.3 Å². The number of fused-ring (bicyclic) bond motifs is 1. The summed E-state index contributed by atoms with van der Waals surface area (Å²) in [5.74, 6) is -0.465. The highest BCUT2D eigenvalue weighted by Crippen LogP contribution is 2.31. The van der Waals surface area contributed by atoms with Gasteiger partial charge in [-0.2, -0.15) is 13.2 Å². The van der Waals surface area contributed by atoms with Gasteiger partial charge in [0.15, 0.2) is 0 Å². The number of pyridine rings is 1. The van der Waals surface area contributed by atoms with Crippen molar-refractivity contribution in [2.24, 2.45) is 0 Å². The van der Waals surface area contributed by atoms with Gasteiger partial charge < -0.3 is 4.57 Å². The molecule has 3 rings (SSSR count). The van der Waals surface area contributed by atoms with E-state index in [1.54, 1.807) is 13.0 Å². The van der Waals surface area contributed by atoms with Crippen molar-refractivity contribution < 1.29 is 17.6 Å². The normalized spacial score (nSPS) is 11.9. The highest BCUT2D eigenvalue weighted by molar-refractivity contribution is 5.83. The standard InChI is InChI=1S/C18H13F4NO/c1-11-7-17(24)23(10-12-3-2-4-14(19)8-12)16-9-13(18(20,21)22)5-6-15(11)16/h2-9H,10H2,1H3. The van der Waals surface area contributed by atoms with Gasteiger partial charge in [0.1, 0.15) is 5.82 Å². The zero-order valence-electron chi connectivity index (χ0n) is 12.7. The zero-order valence-corrected chi connectivity index (χ0v) is 12.7. The summed E-state index contributed by atoms with van der Waals surface area (Å²) in [4.78, 5) is 12.3. The molecule has 2 nitrogen and oxygen atoms in total. The molecule has 2 aromatic carbocycles. The molecule has 0 saturated carbocycles. The molecule has 0 fully saturated rings. The van der Waals surface area contributed by atoms with Crippen LogP contribution in [0.2, 0.25) is 0 Å². The quantitative estimate of drug-likeness (QED) is 0.631. The second kappa shape index (κ2) is 5.78. The number of hydrogen-bond acceptors (Lipinski definition) is 1. The summed E-state index contributed by atoms with van der Waals surface area (Å²) in [5, 5.41) is 0.555. The topological polar surface area (TPSA) is 22.0 Å². The maximum absolute atomic E-state index is 13.3. The lowest BCUT2D eigenvalue weighted by Gasteiger charge is -2.14. The van der Waals surface area contributed by atoms with Crippen LogP contribution in [-0.4, -0.2) is 4.57 Å². The van der Waals surface area contributed by atoms with E-state index >= 15 is 0 Å². The Kier molecular flexibility index (Phi) is 3.91. The minimum absolute atomic E-state index is 0.00527. The van der Waals surface area contributed by atoms with Crippen molar-refractivity contribution >= 4 is 10.9 Å². The van der Waals surface area contributed by atoms with E-state index in [1.807, 2.05) is 0 Å². The molecule has 0 aliphatic carbocycles. The third kappa shape index (κ3) is 3.04. The largest absolute Gasteiger partial charge is 0.416 e. The molecule has 24 heavy (non-hydrogen) atoms. The third-order valence-electron chi connectivity index (χ3n) is 3.88. The molecule has 0 spiro atoms. The second-order valence-electron chi connectivity index (χ2n) is 5.61. The van der Waals surface area contributed by atoms with Crippen LogP contribution in [0.3, 0.4) is 0 Å². The Balaban J connectivity index is 2.23. The molecule has 3 aromatic rings.